The van der Waals surface area contributed by atoms with Crippen LogP contribution in [0.2, 0.25) is 0 Å². The van der Waals surface area contributed by atoms with Gasteiger partial charge >= 0.3 is 5.97 Å². The zero-order valence-corrected chi connectivity index (χ0v) is 18.0. The van der Waals surface area contributed by atoms with Crippen molar-refractivity contribution in [3.05, 3.63) is 99.0 Å². The second-order valence-electron chi connectivity index (χ2n) is 8.03. The lowest BCUT2D eigenvalue weighted by atomic mass is 9.61. The molecule has 3 unspecified atom stereocenters. The molecule has 1 aromatic carbocycles. The van der Waals surface area contributed by atoms with Crippen molar-refractivity contribution in [1.29, 1.82) is 0 Å². The van der Waals surface area contributed by atoms with E-state index < -0.39 is 5.54 Å². The molecule has 0 saturated carbocycles. The Balaban J connectivity index is 1.69. The van der Waals surface area contributed by atoms with Crippen molar-refractivity contribution in [3.8, 4) is 0 Å². The zero-order valence-electron chi connectivity index (χ0n) is 18.0. The van der Waals surface area contributed by atoms with Crippen molar-refractivity contribution in [2.75, 3.05) is 7.11 Å². The minimum Gasteiger partial charge on any atom is -0.465 e. The molecule has 3 atom stereocenters. The summed E-state index contributed by atoms with van der Waals surface area (Å²) in [5.41, 5.74) is 4.51. The second kappa shape index (κ2) is 8.34. The molecule has 1 heterocycles. The average molecular weight is 416 g/mol. The summed E-state index contributed by atoms with van der Waals surface area (Å²) < 4.78 is 4.74. The van der Waals surface area contributed by atoms with E-state index in [9.17, 15) is 9.59 Å². The van der Waals surface area contributed by atoms with Gasteiger partial charge in [0, 0.05) is 40.8 Å². The van der Waals surface area contributed by atoms with E-state index in [-0.39, 0.29) is 23.4 Å². The number of aromatic nitrogens is 1. The normalized spacial score (nSPS) is 25.8. The Bertz CT molecular complexity index is 1170. The number of carbonyl (C=O) groups excluding carboxylic acids is 1. The fourth-order valence-corrected chi connectivity index (χ4v) is 4.87. The number of rotatable bonds is 4. The number of allylic oxidation sites excluding steroid dienone is 3. The van der Waals surface area contributed by atoms with E-state index in [0.29, 0.717) is 5.56 Å². The van der Waals surface area contributed by atoms with E-state index in [1.165, 1.54) is 12.7 Å². The summed E-state index contributed by atoms with van der Waals surface area (Å²) in [5, 5.41) is 0. The van der Waals surface area contributed by atoms with Crippen LogP contribution in [-0.2, 0) is 16.7 Å². The topological polar surface area (TPSA) is 73.1 Å². The first-order chi connectivity index (χ1) is 15.0. The van der Waals surface area contributed by atoms with E-state index in [0.717, 1.165) is 23.2 Å². The number of pyridine rings is 1. The fourth-order valence-electron chi connectivity index (χ4n) is 4.87. The van der Waals surface area contributed by atoms with Gasteiger partial charge in [0.2, 0.25) is 11.1 Å². The first-order valence-corrected chi connectivity index (χ1v) is 10.5. The number of nitrogens with one attached hydrogen (secondary N) is 2. The molecular weight excluding hydrogens is 388 g/mol. The predicted octanol–water partition coefficient (Wildman–Crippen LogP) is 2.55. The number of ether oxygens (including phenoxy) is 1. The van der Waals surface area contributed by atoms with Gasteiger partial charge in [0.25, 0.3) is 0 Å². The zero-order chi connectivity index (χ0) is 22.0. The molecule has 2 aliphatic carbocycles. The number of hydrogen-bond acceptors (Lipinski definition) is 3. The van der Waals surface area contributed by atoms with E-state index in [1.54, 1.807) is 18.2 Å². The van der Waals surface area contributed by atoms with Crippen LogP contribution in [0.5, 0.6) is 0 Å². The third-order valence-corrected chi connectivity index (χ3v) is 6.36. The lowest BCUT2D eigenvalue weighted by molar-refractivity contribution is -0.558. The van der Waals surface area contributed by atoms with E-state index in [2.05, 4.69) is 42.1 Å². The third kappa shape index (κ3) is 3.61. The Kier molecular flexibility index (Phi) is 5.59. The van der Waals surface area contributed by atoms with Gasteiger partial charge in [-0.2, -0.15) is 0 Å². The molecule has 0 aliphatic heterocycles. The van der Waals surface area contributed by atoms with Gasteiger partial charge in [-0.05, 0) is 43.2 Å². The van der Waals surface area contributed by atoms with Gasteiger partial charge in [-0.15, -0.1) is 0 Å². The van der Waals surface area contributed by atoms with Crippen LogP contribution in [-0.4, -0.2) is 24.3 Å². The molecule has 2 N–H and O–H groups in total. The predicted molar refractivity (Wildman–Crippen MR) is 122 cm³/mol. The average Bonchev–Trinajstić information content (AvgIpc) is 2.78. The van der Waals surface area contributed by atoms with Gasteiger partial charge < -0.3 is 9.72 Å². The van der Waals surface area contributed by atoms with Crippen LogP contribution in [0.25, 0.3) is 6.08 Å². The number of carbonyl (C=O) groups is 1. The standard InChI is InChI=1S/C26H26N2O3/c1-4-21-20-10-7-17(2)26(21,22-13-14-24(29)28-23(22)16-20)27-15-5-6-18-8-11-19(12-9-18)25(30)31-3/h4-15,17,20H,16H2,1-3H3,(H,28,29)/p+1/b6-5+,21-4+,27-15?. The number of hydrogen-bond donors (Lipinski definition) is 2. The van der Waals surface area contributed by atoms with Crippen molar-refractivity contribution in [2.24, 2.45) is 11.8 Å². The number of H-pyrrole nitrogens is 1. The summed E-state index contributed by atoms with van der Waals surface area (Å²) in [6.07, 6.45) is 13.4. The van der Waals surface area contributed by atoms with Gasteiger partial charge in [-0.25, -0.2) is 9.79 Å². The monoisotopic (exact) mass is 415 g/mol. The molecule has 5 nitrogen and oxygen atoms in total. The van der Waals surface area contributed by atoms with Gasteiger partial charge in [0.15, 0.2) is 6.21 Å². The summed E-state index contributed by atoms with van der Waals surface area (Å²) in [6.45, 7) is 4.28. The van der Waals surface area contributed by atoms with Crippen molar-refractivity contribution in [1.82, 2.24) is 4.98 Å². The quantitative estimate of drug-likeness (QED) is 0.458. The molecule has 2 bridgehead atoms. The highest BCUT2D eigenvalue weighted by molar-refractivity contribution is 5.89. The maximum atomic E-state index is 11.9. The van der Waals surface area contributed by atoms with E-state index >= 15 is 0 Å². The van der Waals surface area contributed by atoms with Crippen molar-refractivity contribution < 1.29 is 14.5 Å². The summed E-state index contributed by atoms with van der Waals surface area (Å²) >= 11 is 0. The number of aromatic amines is 1. The van der Waals surface area contributed by atoms with Crippen LogP contribution in [0.15, 0.2) is 71.1 Å². The fraction of sp³-hybridized carbons (Fsp3) is 0.269. The Morgan fingerprint density at radius 3 is 2.68 bits per heavy atom. The first-order valence-electron chi connectivity index (χ1n) is 10.5. The number of benzene rings is 1. The lowest BCUT2D eigenvalue weighted by Gasteiger charge is -2.43. The molecule has 0 amide bonds. The summed E-state index contributed by atoms with van der Waals surface area (Å²) in [5.74, 6) is 0.135. The molecule has 0 fully saturated rings. The molecule has 0 spiro atoms. The second-order valence-corrected chi connectivity index (χ2v) is 8.03. The van der Waals surface area contributed by atoms with Gasteiger partial charge in [0.05, 0.1) is 12.7 Å². The van der Waals surface area contributed by atoms with Crippen LogP contribution in [0.3, 0.4) is 0 Å². The largest absolute Gasteiger partial charge is 0.465 e. The maximum Gasteiger partial charge on any atom is 0.337 e. The highest BCUT2D eigenvalue weighted by Crippen LogP contribution is 2.47. The lowest BCUT2D eigenvalue weighted by Crippen LogP contribution is -2.87. The Morgan fingerprint density at radius 1 is 1.19 bits per heavy atom. The molecule has 31 heavy (non-hydrogen) atoms. The van der Waals surface area contributed by atoms with Crippen LogP contribution in [0.1, 0.15) is 41.0 Å². The third-order valence-electron chi connectivity index (χ3n) is 6.36. The molecule has 2 aromatic rings. The summed E-state index contributed by atoms with van der Waals surface area (Å²) in [4.78, 5) is 30.3. The minimum atomic E-state index is -0.398. The van der Waals surface area contributed by atoms with Gasteiger partial charge in [-0.1, -0.05) is 37.3 Å². The minimum absolute atomic E-state index is 0.0631. The van der Waals surface area contributed by atoms with E-state index in [1.807, 2.05) is 36.6 Å². The smallest absolute Gasteiger partial charge is 0.337 e. The first kappa shape index (κ1) is 20.8. The van der Waals surface area contributed by atoms with Crippen molar-refractivity contribution in [2.45, 2.75) is 25.8 Å². The van der Waals surface area contributed by atoms with Gasteiger partial charge in [-0.3, -0.25) is 4.79 Å². The Morgan fingerprint density at radius 2 is 1.97 bits per heavy atom. The Hall–Kier alpha value is -3.47. The van der Waals surface area contributed by atoms with Crippen LogP contribution in [0.4, 0.5) is 0 Å². The molecule has 2 aliphatic rings. The number of fused-ring (bicyclic) bond motifs is 4. The Labute approximate surface area is 181 Å². The van der Waals surface area contributed by atoms with Crippen molar-refractivity contribution >= 4 is 18.3 Å². The molecule has 4 rings (SSSR count). The van der Waals surface area contributed by atoms with Crippen molar-refractivity contribution in [3.63, 3.8) is 0 Å². The highest BCUT2D eigenvalue weighted by atomic mass is 16.5. The SMILES string of the molecule is C/C=C1\C2C=CC(C)C1([NH+]=C/C=C/c1ccc(C(=O)OC)cc1)c1ccc(=O)[nH]c1C2. The van der Waals surface area contributed by atoms with Gasteiger partial charge in [0.1, 0.15) is 0 Å². The molecule has 1 aromatic heterocycles. The highest BCUT2D eigenvalue weighted by Gasteiger charge is 2.53. The summed E-state index contributed by atoms with van der Waals surface area (Å²) in [6, 6.07) is 10.8. The molecule has 0 radical (unpaired) electrons. The van der Waals surface area contributed by atoms with Crippen LogP contribution < -0.4 is 10.6 Å². The molecular formula is C26H27N2O3+. The number of esters is 1. The van der Waals surface area contributed by atoms with Crippen LogP contribution in [0, 0.1) is 11.8 Å². The maximum absolute atomic E-state index is 11.9. The molecule has 158 valence electrons. The van der Waals surface area contributed by atoms with Crippen LogP contribution >= 0.6 is 0 Å². The molecule has 5 heteroatoms. The summed E-state index contributed by atoms with van der Waals surface area (Å²) in [7, 11) is 1.38. The van der Waals surface area contributed by atoms with E-state index in [4.69, 9.17) is 4.74 Å². The molecule has 0 saturated heterocycles. The number of methoxy groups -OCH3 is 1.